The number of aromatic nitrogens is 1. The lowest BCUT2D eigenvalue weighted by Crippen LogP contribution is -2.37. The second kappa shape index (κ2) is 18.8. The summed E-state index contributed by atoms with van der Waals surface area (Å²) in [6.45, 7) is 8.19. The van der Waals surface area contributed by atoms with Crippen molar-refractivity contribution in [2.75, 3.05) is 30.8 Å². The van der Waals surface area contributed by atoms with Crippen molar-refractivity contribution in [3.8, 4) is 17.1 Å². The van der Waals surface area contributed by atoms with Gasteiger partial charge in [0.15, 0.2) is 12.2 Å². The third-order valence-corrected chi connectivity index (χ3v) is 7.08. The predicted octanol–water partition coefficient (Wildman–Crippen LogP) is 7.72. The van der Waals surface area contributed by atoms with E-state index in [2.05, 4.69) is 46.6 Å². The molecule has 4 N–H and O–H groups in total. The molecule has 0 spiro atoms. The number of carbonyl (C=O) groups is 3. The predicted molar refractivity (Wildman–Crippen MR) is 181 cm³/mol. The van der Waals surface area contributed by atoms with Crippen molar-refractivity contribution >= 4 is 29.5 Å². The lowest BCUT2D eigenvalue weighted by Gasteiger charge is -2.30. The Kier molecular flexibility index (Phi) is 14.6. The van der Waals surface area contributed by atoms with E-state index in [4.69, 9.17) is 23.8 Å². The fourth-order valence-electron chi connectivity index (χ4n) is 4.66. The van der Waals surface area contributed by atoms with Crippen LogP contribution in [0.3, 0.4) is 0 Å². The Bertz CT molecular complexity index is 1670. The zero-order valence-corrected chi connectivity index (χ0v) is 28.0. The number of amides is 3. The molecule has 0 aliphatic rings. The number of alkyl halides is 3. The first-order valence-corrected chi connectivity index (χ1v) is 15.6. The molecule has 268 valence electrons. The minimum atomic E-state index is -5.08. The number of hydrogen-bond donors (Lipinski definition) is 4. The molecule has 1 atom stereocenters. The van der Waals surface area contributed by atoms with E-state index in [0.717, 1.165) is 29.7 Å². The van der Waals surface area contributed by atoms with Crippen LogP contribution in [0.25, 0.3) is 11.3 Å². The number of nitrogens with zero attached hydrogens (tertiary/aromatic N) is 2. The van der Waals surface area contributed by atoms with Gasteiger partial charge in [-0.05, 0) is 62.2 Å². The number of halogens is 3. The Morgan fingerprint density at radius 3 is 2.24 bits per heavy atom. The number of carboxylic acids is 1. The van der Waals surface area contributed by atoms with Gasteiger partial charge in [0.1, 0.15) is 11.9 Å². The average molecular weight is 700 g/mol. The van der Waals surface area contributed by atoms with Crippen molar-refractivity contribution in [2.45, 2.75) is 52.1 Å². The maximum absolute atomic E-state index is 12.9. The van der Waals surface area contributed by atoms with Crippen LogP contribution in [0.5, 0.6) is 5.75 Å². The molecule has 0 unspecified atom stereocenters. The molecular formula is C35H40F3N5O7. The van der Waals surface area contributed by atoms with Crippen LogP contribution in [0.15, 0.2) is 89.8 Å². The number of urea groups is 1. The number of carboxylic acid groups (broad SMARTS) is 1. The van der Waals surface area contributed by atoms with Crippen LogP contribution in [0.2, 0.25) is 0 Å². The van der Waals surface area contributed by atoms with Crippen molar-refractivity contribution < 1.29 is 46.6 Å². The molecule has 0 radical (unpaired) electrons. The van der Waals surface area contributed by atoms with Gasteiger partial charge < -0.3 is 34.9 Å². The molecule has 4 aromatic rings. The minimum absolute atomic E-state index is 0.237. The first-order chi connectivity index (χ1) is 23.8. The Labute approximate surface area is 287 Å². The number of carbonyl (C=O) groups excluding carboxylic acids is 2. The topological polar surface area (TPSA) is 155 Å². The van der Waals surface area contributed by atoms with Gasteiger partial charge in [-0.2, -0.15) is 13.2 Å². The van der Waals surface area contributed by atoms with E-state index in [-0.39, 0.29) is 6.54 Å². The number of rotatable bonds is 13. The maximum Gasteiger partial charge on any atom is 0.490 e. The number of ether oxygens (including phenoxy) is 2. The van der Waals surface area contributed by atoms with Gasteiger partial charge >= 0.3 is 24.3 Å². The summed E-state index contributed by atoms with van der Waals surface area (Å²) in [6.07, 6.45) is -2.05. The van der Waals surface area contributed by atoms with E-state index in [1.165, 1.54) is 6.39 Å². The Morgan fingerprint density at radius 1 is 0.980 bits per heavy atom. The first kappa shape index (κ1) is 38.9. The summed E-state index contributed by atoms with van der Waals surface area (Å²) in [5, 5.41) is 15.6. The minimum Gasteiger partial charge on any atom is -0.496 e. The second-order valence-electron chi connectivity index (χ2n) is 11.1. The van der Waals surface area contributed by atoms with Gasteiger partial charge in [-0.15, -0.1) is 0 Å². The van der Waals surface area contributed by atoms with E-state index >= 15 is 0 Å². The van der Waals surface area contributed by atoms with Crippen molar-refractivity contribution in [3.05, 3.63) is 96.5 Å². The van der Waals surface area contributed by atoms with Crippen molar-refractivity contribution in [1.29, 1.82) is 0 Å². The Hall–Kier alpha value is -5.57. The van der Waals surface area contributed by atoms with Crippen LogP contribution < -0.4 is 20.7 Å². The molecule has 0 fully saturated rings. The number of benzene rings is 3. The lowest BCUT2D eigenvalue weighted by atomic mass is 10.1. The fraction of sp³-hybridized carbons (Fsp3) is 0.314. The quantitative estimate of drug-likeness (QED) is 0.110. The monoisotopic (exact) mass is 699 g/mol. The number of methoxy groups -OCH3 is 1. The van der Waals surface area contributed by atoms with Crippen molar-refractivity contribution in [1.82, 2.24) is 15.2 Å². The molecule has 0 bridgehead atoms. The van der Waals surface area contributed by atoms with Gasteiger partial charge in [-0.1, -0.05) is 49.4 Å². The van der Waals surface area contributed by atoms with Gasteiger partial charge in [-0.25, -0.2) is 19.4 Å². The molecule has 0 aliphatic carbocycles. The molecule has 1 aromatic heterocycles. The van der Waals surface area contributed by atoms with Gasteiger partial charge in [0.2, 0.25) is 0 Å². The molecular weight excluding hydrogens is 659 g/mol. The smallest absolute Gasteiger partial charge is 0.490 e. The largest absolute Gasteiger partial charge is 0.496 e. The average Bonchev–Trinajstić information content (AvgIpc) is 3.62. The van der Waals surface area contributed by atoms with E-state index in [1.54, 1.807) is 43.6 Å². The summed E-state index contributed by atoms with van der Waals surface area (Å²) in [5.41, 5.74) is 3.59. The van der Waals surface area contributed by atoms with Crippen LogP contribution in [0.1, 0.15) is 44.4 Å². The SMILES string of the molecule is CCCN(C[C@H](OC(=O)NCc1cccc(NC(=O)Nc2ccc(-c3cnco3)c(OC)c2)c1)c1ccccc1)C(C)C.O=C(O)C(F)(F)F. The highest BCUT2D eigenvalue weighted by Crippen LogP contribution is 2.32. The zero-order valence-electron chi connectivity index (χ0n) is 28.0. The zero-order chi connectivity index (χ0) is 36.7. The summed E-state index contributed by atoms with van der Waals surface area (Å²) < 4.78 is 48.4. The summed E-state index contributed by atoms with van der Waals surface area (Å²) >= 11 is 0. The third kappa shape index (κ3) is 12.5. The highest BCUT2D eigenvalue weighted by atomic mass is 19.4. The highest BCUT2D eigenvalue weighted by Gasteiger charge is 2.38. The van der Waals surface area contributed by atoms with E-state index in [9.17, 15) is 22.8 Å². The van der Waals surface area contributed by atoms with Gasteiger partial charge in [-0.3, -0.25) is 4.90 Å². The summed E-state index contributed by atoms with van der Waals surface area (Å²) in [7, 11) is 1.54. The molecule has 0 aliphatic heterocycles. The van der Waals surface area contributed by atoms with Gasteiger partial charge in [0, 0.05) is 36.6 Å². The number of oxazole rings is 1. The summed E-state index contributed by atoms with van der Waals surface area (Å²) in [4.78, 5) is 40.7. The van der Waals surface area contributed by atoms with E-state index in [1.807, 2.05) is 42.5 Å². The molecule has 3 amide bonds. The van der Waals surface area contributed by atoms with Crippen LogP contribution in [0, 0.1) is 0 Å². The third-order valence-electron chi connectivity index (χ3n) is 7.08. The maximum atomic E-state index is 12.9. The van der Waals surface area contributed by atoms with Gasteiger partial charge in [0.05, 0.1) is 18.9 Å². The molecule has 0 saturated carbocycles. The van der Waals surface area contributed by atoms with Crippen LogP contribution >= 0.6 is 0 Å². The molecule has 50 heavy (non-hydrogen) atoms. The van der Waals surface area contributed by atoms with Gasteiger partial charge in [0.25, 0.3) is 0 Å². The normalized spacial score (nSPS) is 11.6. The van der Waals surface area contributed by atoms with Crippen molar-refractivity contribution in [3.63, 3.8) is 0 Å². The molecule has 1 heterocycles. The molecule has 4 rings (SSSR count). The number of hydrogen-bond acceptors (Lipinski definition) is 8. The second-order valence-corrected chi connectivity index (χ2v) is 11.1. The van der Waals surface area contributed by atoms with Crippen LogP contribution in [0.4, 0.5) is 34.1 Å². The molecule has 0 saturated heterocycles. The Morgan fingerprint density at radius 2 is 1.66 bits per heavy atom. The molecule has 15 heteroatoms. The van der Waals surface area contributed by atoms with Crippen molar-refractivity contribution in [2.24, 2.45) is 0 Å². The van der Waals surface area contributed by atoms with E-state index in [0.29, 0.717) is 35.5 Å². The summed E-state index contributed by atoms with van der Waals surface area (Å²) in [5.74, 6) is -1.66. The lowest BCUT2D eigenvalue weighted by molar-refractivity contribution is -0.192. The van der Waals surface area contributed by atoms with Crippen LogP contribution in [-0.4, -0.2) is 65.5 Å². The fourth-order valence-corrected chi connectivity index (χ4v) is 4.66. The molecule has 12 nitrogen and oxygen atoms in total. The number of alkyl carbamates (subject to hydrolysis) is 1. The summed E-state index contributed by atoms with van der Waals surface area (Å²) in [6, 6.07) is 22.2. The number of nitrogens with one attached hydrogen (secondary N) is 3. The number of anilines is 2. The Balaban J connectivity index is 0.000000872. The number of aliphatic carboxylic acids is 1. The highest BCUT2D eigenvalue weighted by molar-refractivity contribution is 6.00. The standard InChI is InChI=1S/C33H39N5O5.C2HF3O2/c1-5-16-38(23(2)3)21-31(25-11-7-6-8-12-25)43-33(40)35-19-24-10-9-13-26(17-24)36-32(39)37-27-14-15-28(29(18-27)41-4)30-20-34-22-42-30;3-2(4,5)1(6)7/h6-15,17-18,20,22-23,31H,5,16,19,21H2,1-4H3,(H,35,40)(H2,36,37,39);(H,6,7)/t31-;/m0./s1. The van der Waals surface area contributed by atoms with E-state index < -0.39 is 30.4 Å². The molecule has 3 aromatic carbocycles. The van der Waals surface area contributed by atoms with Crippen LogP contribution in [-0.2, 0) is 16.1 Å². The first-order valence-electron chi connectivity index (χ1n) is 15.6.